The van der Waals surface area contributed by atoms with Gasteiger partial charge in [-0.05, 0) is 29.7 Å². The Hall–Kier alpha value is -0.740. The molecule has 0 saturated heterocycles. The van der Waals surface area contributed by atoms with Crippen LogP contribution in [0.4, 0.5) is 5.69 Å². The summed E-state index contributed by atoms with van der Waals surface area (Å²) in [7, 11) is 0. The number of nitrogens with two attached hydrogens (primary N) is 1. The normalized spacial score (nSPS) is 11.7. The van der Waals surface area contributed by atoms with E-state index in [0.717, 1.165) is 22.7 Å². The second kappa shape index (κ2) is 6.62. The highest BCUT2D eigenvalue weighted by molar-refractivity contribution is 7.98. The largest absolute Gasteiger partial charge is 0.389 e. The number of nitrogens with one attached hydrogen (secondary N) is 1. The van der Waals surface area contributed by atoms with Gasteiger partial charge in [-0.15, -0.1) is 11.8 Å². The van der Waals surface area contributed by atoms with E-state index < -0.39 is 0 Å². The van der Waals surface area contributed by atoms with Gasteiger partial charge < -0.3 is 11.1 Å². The molecule has 2 nitrogen and oxygen atoms in total. The Morgan fingerprint density at radius 3 is 2.53 bits per heavy atom. The summed E-state index contributed by atoms with van der Waals surface area (Å²) in [5.41, 5.74) is 8.09. The smallest absolute Gasteiger partial charge is 0.107 e. The minimum absolute atomic E-state index is 0.225. The Labute approximate surface area is 126 Å². The van der Waals surface area contributed by atoms with Gasteiger partial charge in [-0.1, -0.05) is 46.0 Å². The van der Waals surface area contributed by atoms with Gasteiger partial charge in [0.05, 0.1) is 0 Å². The van der Waals surface area contributed by atoms with Crippen molar-refractivity contribution in [2.45, 2.75) is 32.6 Å². The van der Waals surface area contributed by atoms with Crippen molar-refractivity contribution in [2.24, 2.45) is 17.1 Å². The average molecular weight is 297 g/mol. The number of hydrogen-bond donors (Lipinski definition) is 2. The first-order valence-electron chi connectivity index (χ1n) is 6.50. The van der Waals surface area contributed by atoms with E-state index in [2.05, 4.69) is 39.1 Å². The molecule has 0 aliphatic carbocycles. The maximum absolute atomic E-state index is 5.87. The van der Waals surface area contributed by atoms with Crippen molar-refractivity contribution in [2.75, 3.05) is 18.1 Å². The highest BCUT2D eigenvalue weighted by atomic mass is 32.2. The molecular formula is C15H24N2S2. The van der Waals surface area contributed by atoms with Gasteiger partial charge in [-0.3, -0.25) is 0 Å². The van der Waals surface area contributed by atoms with Crippen LogP contribution in [0, 0.1) is 11.3 Å². The van der Waals surface area contributed by atoms with E-state index in [-0.39, 0.29) is 5.41 Å². The van der Waals surface area contributed by atoms with Gasteiger partial charge in [-0.25, -0.2) is 0 Å². The van der Waals surface area contributed by atoms with Crippen molar-refractivity contribution in [3.8, 4) is 0 Å². The Morgan fingerprint density at radius 2 is 2.05 bits per heavy atom. The molecule has 0 aliphatic heterocycles. The summed E-state index contributed by atoms with van der Waals surface area (Å²) in [5.74, 6) is 0.608. The number of anilines is 1. The predicted molar refractivity (Wildman–Crippen MR) is 91.2 cm³/mol. The van der Waals surface area contributed by atoms with Crippen LogP contribution in [0.5, 0.6) is 0 Å². The fraction of sp³-hybridized carbons (Fsp3) is 0.533. The van der Waals surface area contributed by atoms with Crippen molar-refractivity contribution >= 4 is 34.7 Å². The molecule has 4 heteroatoms. The van der Waals surface area contributed by atoms with Crippen molar-refractivity contribution in [3.05, 3.63) is 23.8 Å². The van der Waals surface area contributed by atoms with E-state index in [1.165, 1.54) is 0 Å². The molecule has 0 bridgehead atoms. The van der Waals surface area contributed by atoms with Crippen LogP contribution in [0.1, 0.15) is 33.3 Å². The first-order chi connectivity index (χ1) is 8.79. The van der Waals surface area contributed by atoms with Crippen LogP contribution in [0.15, 0.2) is 23.1 Å². The fourth-order valence-electron chi connectivity index (χ4n) is 1.63. The van der Waals surface area contributed by atoms with Gasteiger partial charge in [0.15, 0.2) is 0 Å². The molecule has 0 amide bonds. The minimum Gasteiger partial charge on any atom is -0.389 e. The number of benzene rings is 1. The second-order valence-electron chi connectivity index (χ2n) is 5.74. The Kier molecular flexibility index (Phi) is 5.68. The van der Waals surface area contributed by atoms with Gasteiger partial charge in [0.25, 0.3) is 0 Å². The number of thiocarbonyl (C=S) groups is 1. The summed E-state index contributed by atoms with van der Waals surface area (Å²) in [6.07, 6.45) is 2.04. The molecule has 0 heterocycles. The third-order valence-electron chi connectivity index (χ3n) is 3.79. The van der Waals surface area contributed by atoms with Crippen molar-refractivity contribution < 1.29 is 0 Å². The van der Waals surface area contributed by atoms with Gasteiger partial charge in [0.2, 0.25) is 0 Å². The van der Waals surface area contributed by atoms with E-state index in [4.69, 9.17) is 18.0 Å². The molecule has 1 aromatic carbocycles. The van der Waals surface area contributed by atoms with Crippen molar-refractivity contribution in [1.82, 2.24) is 0 Å². The molecule has 0 radical (unpaired) electrons. The molecule has 0 unspecified atom stereocenters. The zero-order valence-electron chi connectivity index (χ0n) is 12.4. The van der Waals surface area contributed by atoms with Crippen molar-refractivity contribution in [1.29, 1.82) is 0 Å². The lowest BCUT2D eigenvalue weighted by atomic mass is 9.81. The molecule has 0 fully saturated rings. The zero-order chi connectivity index (χ0) is 14.6. The van der Waals surface area contributed by atoms with Crippen LogP contribution in [0.2, 0.25) is 0 Å². The lowest BCUT2D eigenvalue weighted by Gasteiger charge is -2.30. The van der Waals surface area contributed by atoms with Crippen LogP contribution in [-0.4, -0.2) is 17.8 Å². The summed E-state index contributed by atoms with van der Waals surface area (Å²) < 4.78 is 0. The van der Waals surface area contributed by atoms with Gasteiger partial charge >= 0.3 is 0 Å². The number of thioether (sulfide) groups is 1. The van der Waals surface area contributed by atoms with Gasteiger partial charge in [-0.2, -0.15) is 0 Å². The SMILES string of the molecule is CSc1cccc(NCC(C)(C)C(C)C)c1C(N)=S. The first kappa shape index (κ1) is 16.3. The minimum atomic E-state index is 0.225. The second-order valence-corrected chi connectivity index (χ2v) is 7.03. The molecule has 0 aliphatic rings. The highest BCUT2D eigenvalue weighted by Crippen LogP contribution is 2.30. The molecule has 1 rings (SSSR count). The molecule has 3 N–H and O–H groups in total. The highest BCUT2D eigenvalue weighted by Gasteiger charge is 2.22. The summed E-state index contributed by atoms with van der Waals surface area (Å²) >= 11 is 6.86. The van der Waals surface area contributed by atoms with E-state index in [1.54, 1.807) is 11.8 Å². The summed E-state index contributed by atoms with van der Waals surface area (Å²) in [6, 6.07) is 6.14. The van der Waals surface area contributed by atoms with E-state index in [0.29, 0.717) is 10.9 Å². The summed E-state index contributed by atoms with van der Waals surface area (Å²) in [5, 5.41) is 3.51. The lowest BCUT2D eigenvalue weighted by Crippen LogP contribution is -2.29. The third kappa shape index (κ3) is 4.11. The van der Waals surface area contributed by atoms with Crippen LogP contribution >= 0.6 is 24.0 Å². The standard InChI is InChI=1S/C15H24N2S2/c1-10(2)15(3,4)9-17-11-7-6-8-12(19-5)13(11)14(16)18/h6-8,10,17H,9H2,1-5H3,(H2,16,18). The van der Waals surface area contributed by atoms with Crippen LogP contribution in [0.3, 0.4) is 0 Å². The number of hydrogen-bond acceptors (Lipinski definition) is 3. The Bertz CT molecular complexity index is 453. The van der Waals surface area contributed by atoms with E-state index in [9.17, 15) is 0 Å². The molecule has 1 aromatic rings. The monoisotopic (exact) mass is 296 g/mol. The maximum atomic E-state index is 5.87. The molecule has 0 saturated carbocycles. The Morgan fingerprint density at radius 1 is 1.42 bits per heavy atom. The molecule has 0 spiro atoms. The fourth-order valence-corrected chi connectivity index (χ4v) is 2.55. The first-order valence-corrected chi connectivity index (χ1v) is 8.13. The third-order valence-corrected chi connectivity index (χ3v) is 4.77. The molecule has 0 aromatic heterocycles. The Balaban J connectivity index is 2.99. The zero-order valence-corrected chi connectivity index (χ0v) is 14.0. The van der Waals surface area contributed by atoms with Crippen LogP contribution in [-0.2, 0) is 0 Å². The molecule has 106 valence electrons. The van der Waals surface area contributed by atoms with Crippen LogP contribution < -0.4 is 11.1 Å². The summed E-state index contributed by atoms with van der Waals surface area (Å²) in [6.45, 7) is 9.92. The molecule has 0 atom stereocenters. The number of rotatable bonds is 6. The van der Waals surface area contributed by atoms with E-state index in [1.807, 2.05) is 18.4 Å². The van der Waals surface area contributed by atoms with Crippen molar-refractivity contribution in [3.63, 3.8) is 0 Å². The lowest BCUT2D eigenvalue weighted by molar-refractivity contribution is 0.269. The topological polar surface area (TPSA) is 38.0 Å². The average Bonchev–Trinajstić information content (AvgIpc) is 2.35. The van der Waals surface area contributed by atoms with Gasteiger partial charge in [0, 0.05) is 22.7 Å². The quantitative estimate of drug-likeness (QED) is 0.611. The van der Waals surface area contributed by atoms with Gasteiger partial charge in [0.1, 0.15) is 4.99 Å². The van der Waals surface area contributed by atoms with E-state index >= 15 is 0 Å². The van der Waals surface area contributed by atoms with Crippen LogP contribution in [0.25, 0.3) is 0 Å². The molecular weight excluding hydrogens is 272 g/mol. The maximum Gasteiger partial charge on any atom is 0.107 e. The predicted octanol–water partition coefficient (Wildman–Crippen LogP) is 4.14. The molecule has 19 heavy (non-hydrogen) atoms. The summed E-state index contributed by atoms with van der Waals surface area (Å²) in [4.78, 5) is 1.58.